The molecule has 2 aromatic carbocycles. The van der Waals surface area contributed by atoms with Gasteiger partial charge >= 0.3 is 0 Å². The number of benzene rings is 2. The molecule has 8 heteroatoms. The van der Waals surface area contributed by atoms with Crippen molar-refractivity contribution in [2.45, 2.75) is 25.2 Å². The van der Waals surface area contributed by atoms with Crippen molar-refractivity contribution in [2.75, 3.05) is 18.4 Å². The second-order valence-electron chi connectivity index (χ2n) is 6.24. The Bertz CT molecular complexity index is 924. The summed E-state index contributed by atoms with van der Waals surface area (Å²) in [7, 11) is -3.73. The lowest BCUT2D eigenvalue weighted by molar-refractivity contribution is -0.132. The minimum atomic E-state index is -3.73. The second-order valence-corrected chi connectivity index (χ2v) is 7.80. The number of rotatable bonds is 7. The smallest absolute Gasteiger partial charge is 0.244 e. The number of hydrogen-bond acceptors (Lipinski definition) is 4. The van der Waals surface area contributed by atoms with E-state index in [2.05, 4.69) is 5.32 Å². The fraction of sp³-hybridized carbons (Fsp3) is 0.263. The molecule has 0 aliphatic rings. The van der Waals surface area contributed by atoms with Crippen LogP contribution >= 0.6 is 0 Å². The molecule has 3 N–H and O–H groups in total. The van der Waals surface area contributed by atoms with Gasteiger partial charge in [-0.25, -0.2) is 13.6 Å². The number of sulfonamides is 1. The average Bonchev–Trinajstić information content (AvgIpc) is 2.60. The van der Waals surface area contributed by atoms with E-state index >= 15 is 0 Å². The zero-order valence-electron chi connectivity index (χ0n) is 15.3. The summed E-state index contributed by atoms with van der Waals surface area (Å²) in [6.45, 7) is 3.58. The average molecular weight is 389 g/mol. The summed E-state index contributed by atoms with van der Waals surface area (Å²) < 4.78 is 22.6. The van der Waals surface area contributed by atoms with Crippen molar-refractivity contribution in [1.82, 2.24) is 4.90 Å². The molecule has 0 saturated heterocycles. The number of para-hydroxylation sites is 1. The molecule has 0 aliphatic heterocycles. The highest BCUT2D eigenvalue weighted by atomic mass is 32.2. The van der Waals surface area contributed by atoms with Gasteiger partial charge in [0.25, 0.3) is 0 Å². The maximum atomic E-state index is 12.3. The SMILES string of the molecule is CC(=O)N(CCc1ccc(S(N)(=O)=O)cc1)CC(=O)Nc1ccccc1C. The molecule has 0 bridgehead atoms. The molecule has 0 atom stereocenters. The van der Waals surface area contributed by atoms with Crippen LogP contribution in [0.15, 0.2) is 53.4 Å². The molecule has 2 rings (SSSR count). The summed E-state index contributed by atoms with van der Waals surface area (Å²) in [4.78, 5) is 25.6. The van der Waals surface area contributed by atoms with Crippen LogP contribution in [-0.2, 0) is 26.0 Å². The Kier molecular flexibility index (Phi) is 6.70. The maximum absolute atomic E-state index is 12.3. The van der Waals surface area contributed by atoms with E-state index in [1.165, 1.54) is 24.0 Å². The minimum Gasteiger partial charge on any atom is -0.333 e. The van der Waals surface area contributed by atoms with Crippen LogP contribution in [0.1, 0.15) is 18.1 Å². The lowest BCUT2D eigenvalue weighted by Crippen LogP contribution is -2.38. The molecular formula is C19H23N3O4S. The van der Waals surface area contributed by atoms with E-state index in [0.717, 1.165) is 11.1 Å². The highest BCUT2D eigenvalue weighted by molar-refractivity contribution is 7.89. The number of nitrogens with zero attached hydrogens (tertiary/aromatic N) is 1. The lowest BCUT2D eigenvalue weighted by atomic mass is 10.1. The van der Waals surface area contributed by atoms with Crippen molar-refractivity contribution in [3.63, 3.8) is 0 Å². The highest BCUT2D eigenvalue weighted by Gasteiger charge is 2.15. The van der Waals surface area contributed by atoms with Crippen molar-refractivity contribution in [3.8, 4) is 0 Å². The van der Waals surface area contributed by atoms with Crippen molar-refractivity contribution in [3.05, 3.63) is 59.7 Å². The number of aryl methyl sites for hydroxylation is 1. The van der Waals surface area contributed by atoms with E-state index in [1.54, 1.807) is 18.2 Å². The third-order valence-corrected chi connectivity index (χ3v) is 5.05. The molecule has 144 valence electrons. The first-order valence-corrected chi connectivity index (χ1v) is 9.94. The Morgan fingerprint density at radius 2 is 1.70 bits per heavy atom. The number of nitrogens with one attached hydrogen (secondary N) is 1. The van der Waals surface area contributed by atoms with E-state index in [1.807, 2.05) is 25.1 Å². The van der Waals surface area contributed by atoms with Gasteiger partial charge in [-0.15, -0.1) is 0 Å². The van der Waals surface area contributed by atoms with Gasteiger partial charge in [-0.2, -0.15) is 0 Å². The van der Waals surface area contributed by atoms with Gasteiger partial charge in [-0.3, -0.25) is 9.59 Å². The molecule has 0 heterocycles. The molecular weight excluding hydrogens is 366 g/mol. The predicted molar refractivity (Wildman–Crippen MR) is 104 cm³/mol. The Morgan fingerprint density at radius 1 is 1.07 bits per heavy atom. The monoisotopic (exact) mass is 389 g/mol. The van der Waals surface area contributed by atoms with Crippen LogP contribution in [0.4, 0.5) is 5.69 Å². The predicted octanol–water partition coefficient (Wildman–Crippen LogP) is 1.67. The zero-order chi connectivity index (χ0) is 20.0. The summed E-state index contributed by atoms with van der Waals surface area (Å²) in [5.74, 6) is -0.486. The fourth-order valence-electron chi connectivity index (χ4n) is 2.53. The number of primary sulfonamides is 1. The van der Waals surface area contributed by atoms with Gasteiger partial charge in [-0.05, 0) is 42.7 Å². The van der Waals surface area contributed by atoms with Gasteiger partial charge in [0.2, 0.25) is 21.8 Å². The molecule has 0 saturated carbocycles. The van der Waals surface area contributed by atoms with Gasteiger partial charge in [0.05, 0.1) is 11.4 Å². The van der Waals surface area contributed by atoms with E-state index < -0.39 is 10.0 Å². The van der Waals surface area contributed by atoms with Crippen molar-refractivity contribution in [1.29, 1.82) is 0 Å². The van der Waals surface area contributed by atoms with Crippen LogP contribution in [0.2, 0.25) is 0 Å². The van der Waals surface area contributed by atoms with E-state index in [0.29, 0.717) is 18.7 Å². The quantitative estimate of drug-likeness (QED) is 0.750. The number of carbonyl (C=O) groups is 2. The van der Waals surface area contributed by atoms with Gasteiger partial charge in [0.15, 0.2) is 0 Å². The molecule has 0 spiro atoms. The number of anilines is 1. The zero-order valence-corrected chi connectivity index (χ0v) is 16.1. The number of hydrogen-bond donors (Lipinski definition) is 2. The Morgan fingerprint density at radius 3 is 2.26 bits per heavy atom. The molecule has 0 unspecified atom stereocenters. The molecule has 0 aliphatic carbocycles. The third-order valence-electron chi connectivity index (χ3n) is 4.12. The first-order valence-electron chi connectivity index (χ1n) is 8.39. The molecule has 7 nitrogen and oxygen atoms in total. The van der Waals surface area contributed by atoms with E-state index in [-0.39, 0.29) is 23.3 Å². The van der Waals surface area contributed by atoms with Crippen LogP contribution in [-0.4, -0.2) is 38.2 Å². The molecule has 2 aromatic rings. The largest absolute Gasteiger partial charge is 0.333 e. The first-order chi connectivity index (χ1) is 12.7. The Labute approximate surface area is 159 Å². The number of carbonyl (C=O) groups excluding carboxylic acids is 2. The first kappa shape index (κ1) is 20.6. The topological polar surface area (TPSA) is 110 Å². The lowest BCUT2D eigenvalue weighted by Gasteiger charge is -2.21. The summed E-state index contributed by atoms with van der Waals surface area (Å²) in [6, 6.07) is 13.5. The number of nitrogens with two attached hydrogens (primary N) is 1. The normalized spacial score (nSPS) is 11.1. The summed E-state index contributed by atoms with van der Waals surface area (Å²) in [5, 5.41) is 7.88. The Balaban J connectivity index is 1.96. The molecule has 0 aromatic heterocycles. The molecule has 0 radical (unpaired) electrons. The fourth-order valence-corrected chi connectivity index (χ4v) is 3.05. The van der Waals surface area contributed by atoms with Crippen LogP contribution in [0.25, 0.3) is 0 Å². The molecule has 0 fully saturated rings. The number of amides is 2. The van der Waals surface area contributed by atoms with E-state index in [4.69, 9.17) is 5.14 Å². The summed E-state index contributed by atoms with van der Waals surface area (Å²) >= 11 is 0. The molecule has 2 amide bonds. The second kappa shape index (κ2) is 8.79. The van der Waals surface area contributed by atoms with Gasteiger partial charge in [0.1, 0.15) is 0 Å². The minimum absolute atomic E-state index is 0.0345. The van der Waals surface area contributed by atoms with Crippen LogP contribution in [0, 0.1) is 6.92 Å². The van der Waals surface area contributed by atoms with Crippen LogP contribution < -0.4 is 10.5 Å². The molecule has 27 heavy (non-hydrogen) atoms. The van der Waals surface area contributed by atoms with Crippen LogP contribution in [0.3, 0.4) is 0 Å². The third kappa shape index (κ3) is 6.19. The summed E-state index contributed by atoms with van der Waals surface area (Å²) in [5.41, 5.74) is 2.49. The van der Waals surface area contributed by atoms with Crippen molar-refractivity contribution < 1.29 is 18.0 Å². The highest BCUT2D eigenvalue weighted by Crippen LogP contribution is 2.13. The maximum Gasteiger partial charge on any atom is 0.244 e. The van der Waals surface area contributed by atoms with Gasteiger partial charge < -0.3 is 10.2 Å². The van der Waals surface area contributed by atoms with Gasteiger partial charge in [-0.1, -0.05) is 30.3 Å². The van der Waals surface area contributed by atoms with Crippen LogP contribution in [0.5, 0.6) is 0 Å². The van der Waals surface area contributed by atoms with Crippen molar-refractivity contribution in [2.24, 2.45) is 5.14 Å². The Hall–Kier alpha value is -2.71. The van der Waals surface area contributed by atoms with Gasteiger partial charge in [0, 0.05) is 19.2 Å². The standard InChI is InChI=1S/C19H23N3O4S/c1-14-5-3-4-6-18(14)21-19(24)13-22(15(2)23)12-11-16-7-9-17(10-8-16)27(20,25)26/h3-10H,11-13H2,1-2H3,(H,21,24)(H2,20,25,26). The van der Waals surface area contributed by atoms with E-state index in [9.17, 15) is 18.0 Å². The van der Waals surface area contributed by atoms with Crippen molar-refractivity contribution >= 4 is 27.5 Å². The summed E-state index contributed by atoms with van der Waals surface area (Å²) in [6.07, 6.45) is 0.488.